The minimum absolute atomic E-state index is 0.143. The molecule has 2 atom stereocenters. The summed E-state index contributed by atoms with van der Waals surface area (Å²) in [6.07, 6.45) is 0.0132. The molecule has 5 heteroatoms. The first-order chi connectivity index (χ1) is 8.72. The Kier molecular flexibility index (Phi) is 4.24. The van der Waals surface area contributed by atoms with E-state index in [4.69, 9.17) is 5.26 Å². The average Bonchev–Trinajstić information content (AvgIpc) is 2.67. The number of aliphatic hydroxyl groups excluding tert-OH is 1. The molecule has 0 saturated heterocycles. The normalized spacial score (nSPS) is 21.1. The summed E-state index contributed by atoms with van der Waals surface area (Å²) in [4.78, 5) is 11.7. The molecule has 0 radical (unpaired) electrons. The highest BCUT2D eigenvalue weighted by molar-refractivity contribution is 8.00. The lowest BCUT2D eigenvalue weighted by Gasteiger charge is -2.17. The summed E-state index contributed by atoms with van der Waals surface area (Å²) in [6, 6.07) is 9.38. The summed E-state index contributed by atoms with van der Waals surface area (Å²) in [5.41, 5.74) is 2.07. The van der Waals surface area contributed by atoms with Crippen LogP contribution < -0.4 is 5.32 Å². The minimum atomic E-state index is -0.563. The standard InChI is InChI=1S/C13H14N2O2S/c14-5-6-18-8-12(17)15-13-10-4-2-1-3-9(10)7-11(13)16/h1-4,11,13,16H,6-8H2,(H,15,17)/t11-,13+/m1/s1. The third kappa shape index (κ3) is 2.84. The van der Waals surface area contributed by atoms with E-state index in [9.17, 15) is 9.90 Å². The second kappa shape index (κ2) is 5.89. The molecule has 18 heavy (non-hydrogen) atoms. The number of carbonyl (C=O) groups is 1. The van der Waals surface area contributed by atoms with Crippen molar-refractivity contribution in [2.75, 3.05) is 11.5 Å². The predicted octanol–water partition coefficient (Wildman–Crippen LogP) is 1.02. The van der Waals surface area contributed by atoms with Crippen LogP contribution >= 0.6 is 11.8 Å². The van der Waals surface area contributed by atoms with Crippen molar-refractivity contribution >= 4 is 17.7 Å². The molecule has 1 aliphatic rings. The highest BCUT2D eigenvalue weighted by Gasteiger charge is 2.31. The van der Waals surface area contributed by atoms with Gasteiger partial charge in [0.1, 0.15) is 0 Å². The maximum atomic E-state index is 11.7. The molecular formula is C13H14N2O2S. The van der Waals surface area contributed by atoms with Gasteiger partial charge in [-0.25, -0.2) is 0 Å². The van der Waals surface area contributed by atoms with E-state index in [1.54, 1.807) is 0 Å². The van der Waals surface area contributed by atoms with Gasteiger partial charge in [0.05, 0.1) is 29.7 Å². The first-order valence-corrected chi connectivity index (χ1v) is 6.87. The van der Waals surface area contributed by atoms with Gasteiger partial charge in [-0.1, -0.05) is 24.3 Å². The Labute approximate surface area is 110 Å². The summed E-state index contributed by atoms with van der Waals surface area (Å²) < 4.78 is 0. The van der Waals surface area contributed by atoms with Crippen LogP contribution in [0.2, 0.25) is 0 Å². The van der Waals surface area contributed by atoms with Gasteiger partial charge in [-0.2, -0.15) is 5.26 Å². The Morgan fingerprint density at radius 1 is 1.56 bits per heavy atom. The molecular weight excluding hydrogens is 248 g/mol. The molecule has 0 saturated carbocycles. The second-order valence-corrected chi connectivity index (χ2v) is 5.15. The van der Waals surface area contributed by atoms with Crippen LogP contribution in [0.4, 0.5) is 0 Å². The van der Waals surface area contributed by atoms with Crippen LogP contribution in [0.25, 0.3) is 0 Å². The number of nitrogens with one attached hydrogen (secondary N) is 1. The molecule has 1 aromatic carbocycles. The van der Waals surface area contributed by atoms with Crippen molar-refractivity contribution in [2.24, 2.45) is 0 Å². The molecule has 2 rings (SSSR count). The van der Waals surface area contributed by atoms with Gasteiger partial charge in [-0.3, -0.25) is 4.79 Å². The molecule has 0 aliphatic heterocycles. The van der Waals surface area contributed by atoms with Crippen molar-refractivity contribution in [3.05, 3.63) is 35.4 Å². The molecule has 0 fully saturated rings. The fraction of sp³-hybridized carbons (Fsp3) is 0.385. The molecule has 4 nitrogen and oxygen atoms in total. The van der Waals surface area contributed by atoms with E-state index in [1.807, 2.05) is 30.3 Å². The van der Waals surface area contributed by atoms with Crippen LogP contribution in [-0.4, -0.2) is 28.6 Å². The Morgan fingerprint density at radius 2 is 2.33 bits per heavy atom. The molecule has 0 aromatic heterocycles. The molecule has 2 N–H and O–H groups in total. The van der Waals surface area contributed by atoms with Crippen molar-refractivity contribution in [2.45, 2.75) is 18.6 Å². The van der Waals surface area contributed by atoms with E-state index in [-0.39, 0.29) is 17.7 Å². The number of nitriles is 1. The molecule has 1 amide bonds. The summed E-state index contributed by atoms with van der Waals surface area (Å²) in [7, 11) is 0. The van der Waals surface area contributed by atoms with Gasteiger partial charge in [0.15, 0.2) is 0 Å². The zero-order valence-corrected chi connectivity index (χ0v) is 10.6. The van der Waals surface area contributed by atoms with Crippen molar-refractivity contribution in [1.82, 2.24) is 5.32 Å². The molecule has 0 spiro atoms. The smallest absolute Gasteiger partial charge is 0.230 e. The summed E-state index contributed by atoms with van der Waals surface area (Å²) in [5.74, 6) is 0.409. The highest BCUT2D eigenvalue weighted by atomic mass is 32.2. The fourth-order valence-electron chi connectivity index (χ4n) is 2.15. The monoisotopic (exact) mass is 262 g/mol. The van der Waals surface area contributed by atoms with E-state index in [0.29, 0.717) is 12.2 Å². The fourth-order valence-corrected chi connectivity index (χ4v) is 2.61. The van der Waals surface area contributed by atoms with Gasteiger partial charge < -0.3 is 10.4 Å². The molecule has 0 heterocycles. The third-order valence-electron chi connectivity index (χ3n) is 2.92. The van der Waals surface area contributed by atoms with E-state index in [0.717, 1.165) is 11.1 Å². The number of amides is 1. The first-order valence-electron chi connectivity index (χ1n) is 5.72. The van der Waals surface area contributed by atoms with Crippen LogP contribution in [-0.2, 0) is 11.2 Å². The number of aliphatic hydroxyl groups is 1. The summed E-state index contributed by atoms with van der Waals surface area (Å²) in [6.45, 7) is 0. The number of nitrogens with zero attached hydrogens (tertiary/aromatic N) is 1. The van der Waals surface area contributed by atoms with Crippen LogP contribution in [0.5, 0.6) is 0 Å². The van der Waals surface area contributed by atoms with Crippen molar-refractivity contribution in [1.29, 1.82) is 5.26 Å². The van der Waals surface area contributed by atoms with Gasteiger partial charge in [0.2, 0.25) is 5.91 Å². The van der Waals surface area contributed by atoms with Gasteiger partial charge in [-0.15, -0.1) is 11.8 Å². The molecule has 94 valence electrons. The van der Waals surface area contributed by atoms with E-state index in [1.165, 1.54) is 11.8 Å². The largest absolute Gasteiger partial charge is 0.390 e. The number of carbonyl (C=O) groups excluding carboxylic acids is 1. The lowest BCUT2D eigenvalue weighted by molar-refractivity contribution is -0.120. The highest BCUT2D eigenvalue weighted by Crippen LogP contribution is 2.31. The van der Waals surface area contributed by atoms with Crippen LogP contribution in [0.15, 0.2) is 24.3 Å². The van der Waals surface area contributed by atoms with Crippen LogP contribution in [0.3, 0.4) is 0 Å². The minimum Gasteiger partial charge on any atom is -0.390 e. The van der Waals surface area contributed by atoms with Crippen molar-refractivity contribution < 1.29 is 9.90 Å². The Hall–Kier alpha value is -1.51. The maximum Gasteiger partial charge on any atom is 0.230 e. The van der Waals surface area contributed by atoms with E-state index >= 15 is 0 Å². The quantitative estimate of drug-likeness (QED) is 0.795. The Balaban J connectivity index is 1.97. The molecule has 0 unspecified atom stereocenters. The first kappa shape index (κ1) is 12.9. The van der Waals surface area contributed by atoms with Gasteiger partial charge in [-0.05, 0) is 11.1 Å². The predicted molar refractivity (Wildman–Crippen MR) is 70.0 cm³/mol. The number of thioether (sulfide) groups is 1. The second-order valence-electron chi connectivity index (χ2n) is 4.17. The Morgan fingerprint density at radius 3 is 3.11 bits per heavy atom. The third-order valence-corrected chi connectivity index (χ3v) is 3.72. The number of hydrogen-bond donors (Lipinski definition) is 2. The maximum absolute atomic E-state index is 11.7. The summed E-state index contributed by atoms with van der Waals surface area (Å²) in [5, 5.41) is 21.2. The number of hydrogen-bond acceptors (Lipinski definition) is 4. The number of rotatable bonds is 4. The SMILES string of the molecule is N#CCSCC(=O)N[C@H]1c2ccccc2C[C@H]1O. The number of fused-ring (bicyclic) bond motifs is 1. The van der Waals surface area contributed by atoms with Crippen LogP contribution in [0.1, 0.15) is 17.2 Å². The van der Waals surface area contributed by atoms with E-state index < -0.39 is 6.10 Å². The lowest BCUT2D eigenvalue weighted by atomic mass is 10.1. The zero-order chi connectivity index (χ0) is 13.0. The summed E-state index contributed by atoms with van der Waals surface area (Å²) >= 11 is 1.27. The lowest BCUT2D eigenvalue weighted by Crippen LogP contribution is -2.34. The van der Waals surface area contributed by atoms with Crippen molar-refractivity contribution in [3.63, 3.8) is 0 Å². The zero-order valence-electron chi connectivity index (χ0n) is 9.80. The van der Waals surface area contributed by atoms with Gasteiger partial charge >= 0.3 is 0 Å². The van der Waals surface area contributed by atoms with Crippen molar-refractivity contribution in [3.8, 4) is 6.07 Å². The topological polar surface area (TPSA) is 73.1 Å². The molecule has 0 bridgehead atoms. The molecule has 1 aliphatic carbocycles. The van der Waals surface area contributed by atoms with Crippen LogP contribution in [0, 0.1) is 11.3 Å². The van der Waals surface area contributed by atoms with Gasteiger partial charge in [0.25, 0.3) is 0 Å². The number of benzene rings is 1. The molecule has 1 aromatic rings. The van der Waals surface area contributed by atoms with Gasteiger partial charge in [0, 0.05) is 6.42 Å². The Bertz CT molecular complexity index is 484. The average molecular weight is 262 g/mol. The van der Waals surface area contributed by atoms with E-state index in [2.05, 4.69) is 5.32 Å².